The van der Waals surface area contributed by atoms with Crippen LogP contribution in [0.1, 0.15) is 13.3 Å². The fourth-order valence-electron chi connectivity index (χ4n) is 0.611. The second kappa shape index (κ2) is 5.48. The summed E-state index contributed by atoms with van der Waals surface area (Å²) in [6, 6.07) is 1.84. The molecular formula is C8H11NO2. The second-order valence-electron chi connectivity index (χ2n) is 1.96. The van der Waals surface area contributed by atoms with E-state index in [4.69, 9.17) is 5.26 Å². The molecule has 60 valence electrons. The Labute approximate surface area is 66.3 Å². The van der Waals surface area contributed by atoms with Crippen molar-refractivity contribution in [3.8, 4) is 6.07 Å². The molecule has 0 aliphatic carbocycles. The molecule has 0 unspecified atom stereocenters. The lowest BCUT2D eigenvalue weighted by atomic mass is 10.1. The highest BCUT2D eigenvalue weighted by Gasteiger charge is 2.16. The van der Waals surface area contributed by atoms with Crippen molar-refractivity contribution in [2.45, 2.75) is 13.3 Å². The van der Waals surface area contributed by atoms with E-state index in [9.17, 15) is 4.79 Å². The predicted octanol–water partition coefficient (Wildman–Crippen LogP) is 1.27. The van der Waals surface area contributed by atoms with Crippen LogP contribution in [0.5, 0.6) is 0 Å². The number of hydrogen-bond acceptors (Lipinski definition) is 3. The molecule has 0 radical (unpaired) electrons. The van der Waals surface area contributed by atoms with Crippen LogP contribution < -0.4 is 0 Å². The summed E-state index contributed by atoms with van der Waals surface area (Å²) in [5, 5.41) is 8.46. The molecule has 11 heavy (non-hydrogen) atoms. The average molecular weight is 153 g/mol. The van der Waals surface area contributed by atoms with Gasteiger partial charge in [0, 0.05) is 0 Å². The van der Waals surface area contributed by atoms with Crippen LogP contribution in [0.4, 0.5) is 0 Å². The van der Waals surface area contributed by atoms with Crippen molar-refractivity contribution in [2.24, 2.45) is 5.92 Å². The fourth-order valence-corrected chi connectivity index (χ4v) is 0.611. The third-order valence-electron chi connectivity index (χ3n) is 1.13. The highest BCUT2D eigenvalue weighted by Crippen LogP contribution is 2.04. The molecule has 0 aromatic heterocycles. The topological polar surface area (TPSA) is 50.1 Å². The maximum atomic E-state index is 10.9. The summed E-state index contributed by atoms with van der Waals surface area (Å²) in [5.41, 5.74) is 0. The summed E-state index contributed by atoms with van der Waals surface area (Å²) in [7, 11) is 0. The van der Waals surface area contributed by atoms with Gasteiger partial charge in [-0.05, 0) is 13.3 Å². The fraction of sp³-hybridized carbons (Fsp3) is 0.500. The lowest BCUT2D eigenvalue weighted by Gasteiger charge is -2.03. The molecule has 0 spiro atoms. The van der Waals surface area contributed by atoms with E-state index < -0.39 is 11.9 Å². The minimum Gasteiger partial charge on any atom is -0.465 e. The van der Waals surface area contributed by atoms with Gasteiger partial charge in [0.2, 0.25) is 0 Å². The lowest BCUT2D eigenvalue weighted by Crippen LogP contribution is -2.15. The van der Waals surface area contributed by atoms with Gasteiger partial charge >= 0.3 is 5.97 Å². The number of nitrogens with zero attached hydrogens (tertiary/aromatic N) is 1. The minimum absolute atomic E-state index is 0.314. The summed E-state index contributed by atoms with van der Waals surface area (Å²) in [4.78, 5) is 10.9. The maximum absolute atomic E-state index is 10.9. The Bertz CT molecular complexity index is 181. The first-order valence-electron chi connectivity index (χ1n) is 3.43. The Morgan fingerprint density at radius 3 is 2.91 bits per heavy atom. The SMILES string of the molecule is C=CC[C@H](C#N)C(=O)OCC. The van der Waals surface area contributed by atoms with E-state index in [1.165, 1.54) is 6.08 Å². The summed E-state index contributed by atoms with van der Waals surface area (Å²) in [6.45, 7) is 5.45. The van der Waals surface area contributed by atoms with Crippen LogP contribution in [0.15, 0.2) is 12.7 Å². The Hall–Kier alpha value is -1.30. The van der Waals surface area contributed by atoms with E-state index in [1.54, 1.807) is 6.92 Å². The molecule has 1 atom stereocenters. The second-order valence-corrected chi connectivity index (χ2v) is 1.96. The lowest BCUT2D eigenvalue weighted by molar-refractivity contribution is -0.145. The molecule has 0 aliphatic rings. The van der Waals surface area contributed by atoms with E-state index >= 15 is 0 Å². The molecule has 0 rings (SSSR count). The highest BCUT2D eigenvalue weighted by molar-refractivity contribution is 5.75. The van der Waals surface area contributed by atoms with Crippen molar-refractivity contribution in [1.82, 2.24) is 0 Å². The van der Waals surface area contributed by atoms with Crippen LogP contribution in [0, 0.1) is 17.2 Å². The number of carbonyl (C=O) groups excluding carboxylic acids is 1. The zero-order valence-corrected chi connectivity index (χ0v) is 6.54. The number of rotatable bonds is 4. The number of esters is 1. The zero-order chi connectivity index (χ0) is 8.69. The van der Waals surface area contributed by atoms with Crippen molar-refractivity contribution in [3.05, 3.63) is 12.7 Å². The number of carbonyl (C=O) groups is 1. The third-order valence-corrected chi connectivity index (χ3v) is 1.13. The molecule has 0 heterocycles. The largest absolute Gasteiger partial charge is 0.465 e. The first-order chi connectivity index (χ1) is 5.26. The zero-order valence-electron chi connectivity index (χ0n) is 6.54. The van der Waals surface area contributed by atoms with Crippen molar-refractivity contribution in [2.75, 3.05) is 6.61 Å². The molecule has 0 aliphatic heterocycles. The number of ether oxygens (including phenoxy) is 1. The van der Waals surface area contributed by atoms with Crippen LogP contribution in [0.2, 0.25) is 0 Å². The highest BCUT2D eigenvalue weighted by atomic mass is 16.5. The summed E-state index contributed by atoms with van der Waals surface area (Å²) in [6.07, 6.45) is 1.89. The molecule has 0 bridgehead atoms. The van der Waals surface area contributed by atoms with Crippen LogP contribution in [0.3, 0.4) is 0 Å². The molecular weight excluding hydrogens is 142 g/mol. The molecule has 0 saturated heterocycles. The van der Waals surface area contributed by atoms with Gasteiger partial charge in [-0.1, -0.05) is 6.08 Å². The van der Waals surface area contributed by atoms with Crippen LogP contribution >= 0.6 is 0 Å². The molecule has 0 fully saturated rings. The number of allylic oxidation sites excluding steroid dienone is 1. The van der Waals surface area contributed by atoms with E-state index in [1.807, 2.05) is 6.07 Å². The Kier molecular flexibility index (Phi) is 4.83. The molecule has 3 heteroatoms. The molecule has 0 aromatic carbocycles. The van der Waals surface area contributed by atoms with Gasteiger partial charge in [0.15, 0.2) is 0 Å². The van der Waals surface area contributed by atoms with Crippen molar-refractivity contribution in [3.63, 3.8) is 0 Å². The van der Waals surface area contributed by atoms with Gasteiger partial charge in [0.1, 0.15) is 5.92 Å². The van der Waals surface area contributed by atoms with Gasteiger partial charge < -0.3 is 4.74 Å². The third kappa shape index (κ3) is 3.41. The van der Waals surface area contributed by atoms with Gasteiger partial charge in [-0.25, -0.2) is 0 Å². The number of nitriles is 1. The predicted molar refractivity (Wildman–Crippen MR) is 40.6 cm³/mol. The van der Waals surface area contributed by atoms with Crippen LogP contribution in [0.25, 0.3) is 0 Å². The Morgan fingerprint density at radius 1 is 1.91 bits per heavy atom. The van der Waals surface area contributed by atoms with Gasteiger partial charge in [-0.3, -0.25) is 4.79 Å². The van der Waals surface area contributed by atoms with Crippen molar-refractivity contribution < 1.29 is 9.53 Å². The van der Waals surface area contributed by atoms with Gasteiger partial charge in [0.25, 0.3) is 0 Å². The Morgan fingerprint density at radius 2 is 2.55 bits per heavy atom. The summed E-state index contributed by atoms with van der Waals surface area (Å²) < 4.78 is 4.64. The molecule has 0 amide bonds. The van der Waals surface area contributed by atoms with Crippen LogP contribution in [-0.4, -0.2) is 12.6 Å². The van der Waals surface area contributed by atoms with Crippen molar-refractivity contribution in [1.29, 1.82) is 5.26 Å². The quantitative estimate of drug-likeness (QED) is 0.451. The molecule has 0 saturated carbocycles. The standard InChI is InChI=1S/C8H11NO2/c1-3-5-7(6-9)8(10)11-4-2/h3,7H,1,4-5H2,2H3/t7-/m1/s1. The Balaban J connectivity index is 3.94. The van der Waals surface area contributed by atoms with Crippen molar-refractivity contribution >= 4 is 5.97 Å². The minimum atomic E-state index is -0.688. The van der Waals surface area contributed by atoms with E-state index in [0.29, 0.717) is 13.0 Å². The first-order valence-corrected chi connectivity index (χ1v) is 3.43. The normalized spacial score (nSPS) is 11.3. The molecule has 0 N–H and O–H groups in total. The smallest absolute Gasteiger partial charge is 0.323 e. The van der Waals surface area contributed by atoms with Gasteiger partial charge in [-0.2, -0.15) is 5.26 Å². The van der Waals surface area contributed by atoms with E-state index in [-0.39, 0.29) is 0 Å². The average Bonchev–Trinajstić information content (AvgIpc) is 2.00. The number of hydrogen-bond donors (Lipinski definition) is 0. The van der Waals surface area contributed by atoms with E-state index in [0.717, 1.165) is 0 Å². The summed E-state index contributed by atoms with van der Waals surface area (Å²) in [5.74, 6) is -1.15. The van der Waals surface area contributed by atoms with E-state index in [2.05, 4.69) is 11.3 Å². The monoisotopic (exact) mass is 153 g/mol. The first kappa shape index (κ1) is 9.70. The van der Waals surface area contributed by atoms with Crippen LogP contribution in [-0.2, 0) is 9.53 Å². The van der Waals surface area contributed by atoms with Gasteiger partial charge in [-0.15, -0.1) is 6.58 Å². The summed E-state index contributed by atoms with van der Waals surface area (Å²) >= 11 is 0. The molecule has 3 nitrogen and oxygen atoms in total. The maximum Gasteiger partial charge on any atom is 0.323 e. The van der Waals surface area contributed by atoms with Gasteiger partial charge in [0.05, 0.1) is 12.7 Å². The molecule has 0 aromatic rings.